The minimum absolute atomic E-state index is 0.00765. The maximum absolute atomic E-state index is 12.7. The van der Waals surface area contributed by atoms with E-state index in [1.165, 1.54) is 18.2 Å². The van der Waals surface area contributed by atoms with Gasteiger partial charge in [0, 0.05) is 31.3 Å². The Kier molecular flexibility index (Phi) is 6.46. The Bertz CT molecular complexity index is 1180. The summed E-state index contributed by atoms with van der Waals surface area (Å²) in [5, 5.41) is 3.13. The normalized spacial score (nSPS) is 16.2. The highest BCUT2D eigenvalue weighted by atomic mass is 19.4. The number of rotatable bonds is 6. The van der Waals surface area contributed by atoms with Gasteiger partial charge in [-0.1, -0.05) is 0 Å². The van der Waals surface area contributed by atoms with Crippen molar-refractivity contribution in [1.82, 2.24) is 15.3 Å². The number of benzene rings is 2. The number of aldehydes is 1. The molecule has 1 saturated heterocycles. The Morgan fingerprint density at radius 1 is 1.09 bits per heavy atom. The number of aromatic nitrogens is 2. The summed E-state index contributed by atoms with van der Waals surface area (Å²) in [5.74, 6) is 0.537. The number of hydrogen-bond acceptors (Lipinski definition) is 7. The molecule has 3 aromatic rings. The smallest absolute Gasteiger partial charge is 0.416 e. The summed E-state index contributed by atoms with van der Waals surface area (Å²) in [6, 6.07) is 11.9. The summed E-state index contributed by atoms with van der Waals surface area (Å²) in [7, 11) is 0. The number of carbonyl (C=O) groups is 2. The first-order chi connectivity index (χ1) is 16.2. The van der Waals surface area contributed by atoms with Crippen LogP contribution in [-0.4, -0.2) is 47.8 Å². The molecule has 1 aliphatic rings. The predicted molar refractivity (Wildman–Crippen MR) is 118 cm³/mol. The van der Waals surface area contributed by atoms with E-state index in [9.17, 15) is 22.8 Å². The van der Waals surface area contributed by atoms with Crippen LogP contribution in [0.25, 0.3) is 11.4 Å². The summed E-state index contributed by atoms with van der Waals surface area (Å²) in [6.45, 7) is 1.61. The molecule has 11 heteroatoms. The van der Waals surface area contributed by atoms with Gasteiger partial charge in [-0.2, -0.15) is 13.2 Å². The lowest BCUT2D eigenvalue weighted by Crippen LogP contribution is -2.52. The molecule has 1 aliphatic heterocycles. The van der Waals surface area contributed by atoms with Crippen molar-refractivity contribution in [2.45, 2.75) is 12.2 Å². The Morgan fingerprint density at radius 3 is 2.32 bits per heavy atom. The monoisotopic (exact) mass is 471 g/mol. The number of nitrogens with one attached hydrogen (secondary N) is 1. The first-order valence-corrected chi connectivity index (χ1v) is 10.3. The third-order valence-corrected chi connectivity index (χ3v) is 5.23. The first-order valence-electron chi connectivity index (χ1n) is 10.3. The van der Waals surface area contributed by atoms with E-state index in [4.69, 9.17) is 10.5 Å². The highest BCUT2D eigenvalue weighted by Gasteiger charge is 2.30. The molecule has 2 heterocycles. The minimum Gasteiger partial charge on any atom is -0.457 e. The zero-order chi connectivity index (χ0) is 24.3. The second-order valence-corrected chi connectivity index (χ2v) is 7.55. The van der Waals surface area contributed by atoms with Crippen molar-refractivity contribution < 1.29 is 27.5 Å². The number of amides is 1. The fourth-order valence-electron chi connectivity index (χ4n) is 3.49. The molecule has 1 unspecified atom stereocenters. The second kappa shape index (κ2) is 9.48. The molecule has 1 fully saturated rings. The van der Waals surface area contributed by atoms with Crippen LogP contribution in [0.15, 0.2) is 54.6 Å². The number of nitrogens with two attached hydrogens (primary N) is 1. The van der Waals surface area contributed by atoms with Crippen LogP contribution < -0.4 is 20.7 Å². The third-order valence-electron chi connectivity index (χ3n) is 5.23. The summed E-state index contributed by atoms with van der Waals surface area (Å²) in [5.41, 5.74) is 5.25. The molecule has 2 aromatic carbocycles. The molecule has 3 N–H and O–H groups in total. The number of hydrogen-bond donors (Lipinski definition) is 2. The zero-order valence-corrected chi connectivity index (χ0v) is 17.7. The van der Waals surface area contributed by atoms with Gasteiger partial charge in [-0.3, -0.25) is 4.79 Å². The van der Waals surface area contributed by atoms with Crippen LogP contribution in [0.1, 0.15) is 16.1 Å². The average molecular weight is 471 g/mol. The largest absolute Gasteiger partial charge is 0.457 e. The van der Waals surface area contributed by atoms with Gasteiger partial charge in [0.2, 0.25) is 0 Å². The number of nitrogens with zero attached hydrogens (tertiary/aromatic N) is 3. The van der Waals surface area contributed by atoms with Gasteiger partial charge in [0.25, 0.3) is 5.91 Å². The van der Waals surface area contributed by atoms with Crippen molar-refractivity contribution in [3.63, 3.8) is 0 Å². The topological polar surface area (TPSA) is 110 Å². The molecule has 0 radical (unpaired) electrons. The SMILES string of the molecule is NC(=O)c1cc(N2CCNCC2C=O)nc(-c2ccc(Oc3ccc(C(F)(F)F)cc3)cc2)n1. The fraction of sp³-hybridized carbons (Fsp3) is 0.217. The van der Waals surface area contributed by atoms with E-state index in [0.717, 1.165) is 18.4 Å². The van der Waals surface area contributed by atoms with Gasteiger partial charge >= 0.3 is 6.18 Å². The lowest BCUT2D eigenvalue weighted by molar-refractivity contribution is -0.137. The van der Waals surface area contributed by atoms with Crippen LogP contribution in [0.2, 0.25) is 0 Å². The summed E-state index contributed by atoms with van der Waals surface area (Å²) < 4.78 is 43.8. The lowest BCUT2D eigenvalue weighted by Gasteiger charge is -2.34. The van der Waals surface area contributed by atoms with Crippen molar-refractivity contribution in [3.05, 3.63) is 65.9 Å². The third kappa shape index (κ3) is 5.15. The second-order valence-electron chi connectivity index (χ2n) is 7.55. The molecule has 1 atom stereocenters. The van der Waals surface area contributed by atoms with E-state index < -0.39 is 23.7 Å². The van der Waals surface area contributed by atoms with Crippen LogP contribution in [-0.2, 0) is 11.0 Å². The van der Waals surface area contributed by atoms with E-state index in [2.05, 4.69) is 15.3 Å². The van der Waals surface area contributed by atoms with Crippen molar-refractivity contribution in [2.75, 3.05) is 24.5 Å². The number of anilines is 1. The molecule has 0 saturated carbocycles. The molecule has 0 bridgehead atoms. The van der Waals surface area contributed by atoms with Gasteiger partial charge in [-0.25, -0.2) is 9.97 Å². The minimum atomic E-state index is -4.42. The number of piperazine rings is 1. The van der Waals surface area contributed by atoms with Gasteiger partial charge in [-0.15, -0.1) is 0 Å². The zero-order valence-electron chi connectivity index (χ0n) is 17.7. The van der Waals surface area contributed by atoms with Crippen LogP contribution in [0.3, 0.4) is 0 Å². The number of carbonyl (C=O) groups excluding carboxylic acids is 2. The number of ether oxygens (including phenoxy) is 1. The van der Waals surface area contributed by atoms with Crippen LogP contribution in [0.5, 0.6) is 11.5 Å². The number of halogens is 3. The van der Waals surface area contributed by atoms with Crippen molar-refractivity contribution in [1.29, 1.82) is 0 Å². The van der Waals surface area contributed by atoms with E-state index in [1.807, 2.05) is 0 Å². The maximum atomic E-state index is 12.7. The highest BCUT2D eigenvalue weighted by Crippen LogP contribution is 2.32. The Hall–Kier alpha value is -3.99. The molecule has 176 valence electrons. The Morgan fingerprint density at radius 2 is 1.74 bits per heavy atom. The molecule has 1 amide bonds. The summed E-state index contributed by atoms with van der Waals surface area (Å²) in [6.07, 6.45) is -3.61. The molecule has 0 aliphatic carbocycles. The maximum Gasteiger partial charge on any atom is 0.416 e. The fourth-order valence-corrected chi connectivity index (χ4v) is 3.49. The van der Waals surface area contributed by atoms with Crippen LogP contribution >= 0.6 is 0 Å². The van der Waals surface area contributed by atoms with E-state index in [0.29, 0.717) is 36.8 Å². The Labute approximate surface area is 192 Å². The van der Waals surface area contributed by atoms with Crippen LogP contribution in [0.4, 0.5) is 19.0 Å². The van der Waals surface area contributed by atoms with Gasteiger partial charge in [0.05, 0.1) is 11.6 Å². The lowest BCUT2D eigenvalue weighted by atomic mass is 10.1. The Balaban J connectivity index is 1.58. The van der Waals surface area contributed by atoms with Crippen molar-refractivity contribution in [2.24, 2.45) is 5.73 Å². The molecule has 4 rings (SSSR count). The van der Waals surface area contributed by atoms with E-state index >= 15 is 0 Å². The first kappa shape index (κ1) is 23.2. The number of alkyl halides is 3. The van der Waals surface area contributed by atoms with Gasteiger partial charge in [0.1, 0.15) is 29.3 Å². The van der Waals surface area contributed by atoms with E-state index in [-0.39, 0.29) is 17.3 Å². The summed E-state index contributed by atoms with van der Waals surface area (Å²) >= 11 is 0. The van der Waals surface area contributed by atoms with Gasteiger partial charge in [-0.05, 0) is 48.5 Å². The van der Waals surface area contributed by atoms with Gasteiger partial charge < -0.3 is 25.5 Å². The highest BCUT2D eigenvalue weighted by molar-refractivity contribution is 5.92. The summed E-state index contributed by atoms with van der Waals surface area (Å²) in [4.78, 5) is 33.9. The molecule has 0 spiro atoms. The van der Waals surface area contributed by atoms with E-state index in [1.54, 1.807) is 29.2 Å². The standard InChI is InChI=1S/C23H20F3N5O3/c24-23(25,26)15-3-7-18(8-4-15)34-17-5-1-14(2-6-17)22-29-19(21(27)33)11-20(30-22)31-10-9-28-12-16(31)13-32/h1-8,11,13,16,28H,9-10,12H2,(H2,27,33). The van der Waals surface area contributed by atoms with Crippen LogP contribution in [0, 0.1) is 0 Å². The molecule has 34 heavy (non-hydrogen) atoms. The molecular weight excluding hydrogens is 451 g/mol. The molecular formula is C23H20F3N5O3. The van der Waals surface area contributed by atoms with Crippen molar-refractivity contribution >= 4 is 18.0 Å². The van der Waals surface area contributed by atoms with Gasteiger partial charge in [0.15, 0.2) is 5.82 Å². The molecule has 8 nitrogen and oxygen atoms in total. The average Bonchev–Trinajstić information content (AvgIpc) is 2.84. The predicted octanol–water partition coefficient (Wildman–Crippen LogP) is 3.03. The van der Waals surface area contributed by atoms with Crippen molar-refractivity contribution in [3.8, 4) is 22.9 Å². The molecule has 1 aromatic heterocycles. The quantitative estimate of drug-likeness (QED) is 0.532. The number of primary amides is 1.